The van der Waals surface area contributed by atoms with Gasteiger partial charge in [-0.2, -0.15) is 0 Å². The van der Waals surface area contributed by atoms with Crippen molar-refractivity contribution >= 4 is 5.69 Å². The van der Waals surface area contributed by atoms with Crippen molar-refractivity contribution in [3.63, 3.8) is 0 Å². The van der Waals surface area contributed by atoms with E-state index in [4.69, 9.17) is 4.74 Å². The molecule has 0 saturated carbocycles. The van der Waals surface area contributed by atoms with Gasteiger partial charge in [0.25, 0.3) is 0 Å². The lowest BCUT2D eigenvalue weighted by Crippen LogP contribution is -2.20. The summed E-state index contributed by atoms with van der Waals surface area (Å²) in [6, 6.07) is 12.2. The van der Waals surface area contributed by atoms with Gasteiger partial charge in [0.2, 0.25) is 0 Å². The lowest BCUT2D eigenvalue weighted by atomic mass is 10.1. The van der Waals surface area contributed by atoms with E-state index in [1.807, 2.05) is 30.5 Å². The lowest BCUT2D eigenvalue weighted by molar-refractivity contribution is 0.0483. The van der Waals surface area contributed by atoms with E-state index in [0.717, 1.165) is 11.4 Å². The molecule has 0 unspecified atom stereocenters. The predicted molar refractivity (Wildman–Crippen MR) is 58.4 cm³/mol. The Kier molecular flexibility index (Phi) is 1.96. The molecule has 0 amide bonds. The Morgan fingerprint density at radius 2 is 2.07 bits per heavy atom. The van der Waals surface area contributed by atoms with Gasteiger partial charge in [-0.15, -0.1) is 0 Å². The molecule has 2 heterocycles. The second kappa shape index (κ2) is 3.44. The number of aromatic amines is 1. The van der Waals surface area contributed by atoms with Crippen LogP contribution in [-0.4, -0.2) is 4.98 Å². The molecule has 0 radical (unpaired) electrons. The maximum Gasteiger partial charge on any atom is 0.169 e. The summed E-state index contributed by atoms with van der Waals surface area (Å²) in [6.45, 7) is 0.660. The Hall–Kier alpha value is -1.74. The first-order valence-electron chi connectivity index (χ1n) is 5.03. The fourth-order valence-electron chi connectivity index (χ4n) is 1.82. The van der Waals surface area contributed by atoms with Crippen LogP contribution in [0, 0.1) is 0 Å². The minimum atomic E-state index is -0.0603. The van der Waals surface area contributed by atoms with Crippen LogP contribution in [0.3, 0.4) is 0 Å². The minimum absolute atomic E-state index is 0.0603. The third kappa shape index (κ3) is 1.51. The highest BCUT2D eigenvalue weighted by Gasteiger charge is 2.19. The zero-order valence-corrected chi connectivity index (χ0v) is 8.23. The number of aromatic nitrogens is 1. The molecule has 0 saturated heterocycles. The summed E-state index contributed by atoms with van der Waals surface area (Å²) in [6.07, 6.45) is 1.84. The molecule has 1 aromatic carbocycles. The van der Waals surface area contributed by atoms with Crippen LogP contribution in [0.4, 0.5) is 5.69 Å². The molecule has 3 rings (SSSR count). The zero-order valence-electron chi connectivity index (χ0n) is 8.23. The van der Waals surface area contributed by atoms with Gasteiger partial charge in [-0.3, -0.25) is 0 Å². The quantitative estimate of drug-likeness (QED) is 0.742. The second-order valence-electron chi connectivity index (χ2n) is 3.62. The first-order chi connectivity index (χ1) is 7.43. The monoisotopic (exact) mass is 200 g/mol. The molecule has 3 heteroatoms. The third-order valence-corrected chi connectivity index (χ3v) is 2.61. The van der Waals surface area contributed by atoms with Crippen LogP contribution in [0.1, 0.15) is 17.5 Å². The van der Waals surface area contributed by atoms with E-state index in [1.54, 1.807) is 0 Å². The van der Waals surface area contributed by atoms with Gasteiger partial charge in [0.15, 0.2) is 6.23 Å². The molecule has 1 aliphatic rings. The summed E-state index contributed by atoms with van der Waals surface area (Å²) in [4.78, 5) is 3.15. The van der Waals surface area contributed by atoms with Crippen molar-refractivity contribution in [1.29, 1.82) is 0 Å². The normalized spacial score (nSPS) is 19.3. The summed E-state index contributed by atoms with van der Waals surface area (Å²) >= 11 is 0. The summed E-state index contributed by atoms with van der Waals surface area (Å²) in [5.74, 6) is 0. The van der Waals surface area contributed by atoms with Crippen LogP contribution >= 0.6 is 0 Å². The van der Waals surface area contributed by atoms with E-state index in [0.29, 0.717) is 6.61 Å². The van der Waals surface area contributed by atoms with Gasteiger partial charge >= 0.3 is 0 Å². The highest BCUT2D eigenvalue weighted by Crippen LogP contribution is 2.29. The number of ether oxygens (including phenoxy) is 1. The molecule has 1 aliphatic heterocycles. The SMILES string of the molecule is c1c[nH]c([C@@H]2Nc3ccccc3CO2)c1. The average Bonchev–Trinajstić information content (AvgIpc) is 2.82. The van der Waals surface area contributed by atoms with Crippen LogP contribution in [0.5, 0.6) is 0 Å². The minimum Gasteiger partial charge on any atom is -0.361 e. The number of benzene rings is 1. The van der Waals surface area contributed by atoms with Crippen LogP contribution in [0.25, 0.3) is 0 Å². The molecule has 0 bridgehead atoms. The molecule has 76 valence electrons. The fourth-order valence-corrected chi connectivity index (χ4v) is 1.82. The molecule has 0 spiro atoms. The first-order valence-corrected chi connectivity index (χ1v) is 5.03. The Balaban J connectivity index is 1.89. The van der Waals surface area contributed by atoms with E-state index in [2.05, 4.69) is 22.4 Å². The van der Waals surface area contributed by atoms with Crippen molar-refractivity contribution in [2.75, 3.05) is 5.32 Å². The number of hydrogen-bond acceptors (Lipinski definition) is 2. The van der Waals surface area contributed by atoms with E-state index in [1.165, 1.54) is 5.56 Å². The van der Waals surface area contributed by atoms with Crippen molar-refractivity contribution in [3.05, 3.63) is 53.9 Å². The summed E-state index contributed by atoms with van der Waals surface area (Å²) in [5, 5.41) is 3.35. The molecule has 0 aliphatic carbocycles. The van der Waals surface area contributed by atoms with Crippen molar-refractivity contribution in [3.8, 4) is 0 Å². The molecule has 1 atom stereocenters. The Morgan fingerprint density at radius 3 is 2.93 bits per heavy atom. The standard InChI is InChI=1S/C12H12N2O/c1-2-5-10-9(4-1)8-15-12(14-10)11-6-3-7-13-11/h1-7,12-14H,8H2/t12-/m1/s1. The molecule has 2 aromatic rings. The third-order valence-electron chi connectivity index (χ3n) is 2.61. The Morgan fingerprint density at radius 1 is 1.13 bits per heavy atom. The van der Waals surface area contributed by atoms with E-state index in [-0.39, 0.29) is 6.23 Å². The van der Waals surface area contributed by atoms with Gasteiger partial charge in [-0.05, 0) is 18.2 Å². The molecule has 1 aromatic heterocycles. The smallest absolute Gasteiger partial charge is 0.169 e. The number of fused-ring (bicyclic) bond motifs is 1. The van der Waals surface area contributed by atoms with Gasteiger partial charge in [0, 0.05) is 17.4 Å². The topological polar surface area (TPSA) is 37.0 Å². The lowest BCUT2D eigenvalue weighted by Gasteiger charge is -2.26. The van der Waals surface area contributed by atoms with Crippen molar-refractivity contribution < 1.29 is 4.74 Å². The van der Waals surface area contributed by atoms with Crippen molar-refractivity contribution in [2.24, 2.45) is 0 Å². The fraction of sp³-hybridized carbons (Fsp3) is 0.167. The maximum atomic E-state index is 5.71. The van der Waals surface area contributed by atoms with Crippen LogP contribution in [0.2, 0.25) is 0 Å². The van der Waals surface area contributed by atoms with Gasteiger partial charge < -0.3 is 15.0 Å². The average molecular weight is 200 g/mol. The number of hydrogen-bond donors (Lipinski definition) is 2. The summed E-state index contributed by atoms with van der Waals surface area (Å²) in [7, 11) is 0. The zero-order chi connectivity index (χ0) is 10.1. The van der Waals surface area contributed by atoms with E-state index >= 15 is 0 Å². The van der Waals surface area contributed by atoms with Crippen molar-refractivity contribution in [1.82, 2.24) is 4.98 Å². The van der Waals surface area contributed by atoms with Crippen molar-refractivity contribution in [2.45, 2.75) is 12.8 Å². The van der Waals surface area contributed by atoms with Gasteiger partial charge in [0.1, 0.15) is 0 Å². The summed E-state index contributed by atoms with van der Waals surface area (Å²) in [5.41, 5.74) is 3.42. The second-order valence-corrected chi connectivity index (χ2v) is 3.62. The number of anilines is 1. The Labute approximate surface area is 88.1 Å². The molecular weight excluding hydrogens is 188 g/mol. The van der Waals surface area contributed by atoms with Gasteiger partial charge in [-0.25, -0.2) is 0 Å². The predicted octanol–water partition coefficient (Wildman–Crippen LogP) is 2.66. The van der Waals surface area contributed by atoms with Crippen LogP contribution < -0.4 is 5.32 Å². The van der Waals surface area contributed by atoms with E-state index in [9.17, 15) is 0 Å². The molecule has 0 fully saturated rings. The van der Waals surface area contributed by atoms with Gasteiger partial charge in [0.05, 0.1) is 12.3 Å². The molecule has 15 heavy (non-hydrogen) atoms. The Bertz CT molecular complexity index is 450. The molecular formula is C12H12N2O. The van der Waals surface area contributed by atoms with Gasteiger partial charge in [-0.1, -0.05) is 18.2 Å². The van der Waals surface area contributed by atoms with Crippen LogP contribution in [-0.2, 0) is 11.3 Å². The number of H-pyrrole nitrogens is 1. The largest absolute Gasteiger partial charge is 0.361 e. The highest BCUT2D eigenvalue weighted by molar-refractivity contribution is 5.52. The first kappa shape index (κ1) is 8.56. The number of para-hydroxylation sites is 1. The number of nitrogens with one attached hydrogen (secondary N) is 2. The highest BCUT2D eigenvalue weighted by atomic mass is 16.5. The van der Waals surface area contributed by atoms with Crippen LogP contribution in [0.15, 0.2) is 42.6 Å². The maximum absolute atomic E-state index is 5.71. The van der Waals surface area contributed by atoms with E-state index < -0.39 is 0 Å². The number of rotatable bonds is 1. The molecule has 3 nitrogen and oxygen atoms in total. The summed E-state index contributed by atoms with van der Waals surface area (Å²) < 4.78 is 5.71. The molecule has 2 N–H and O–H groups in total.